The predicted octanol–water partition coefficient (Wildman–Crippen LogP) is 2.64. The molecule has 1 aliphatic carbocycles. The van der Waals surface area contributed by atoms with Crippen LogP contribution in [0.4, 0.5) is 0 Å². The molecule has 3 nitrogen and oxygen atoms in total. The third-order valence-corrected chi connectivity index (χ3v) is 3.93. The Labute approximate surface area is 115 Å². The van der Waals surface area contributed by atoms with Crippen LogP contribution in [0.1, 0.15) is 42.6 Å². The minimum Gasteiger partial charge on any atom is -0.371 e. The number of amidine groups is 1. The molecule has 0 fully saturated rings. The Balaban J connectivity index is 1.89. The number of nitrogens with one attached hydrogen (secondary N) is 1. The second-order valence-corrected chi connectivity index (χ2v) is 5.26. The molecule has 1 aromatic carbocycles. The van der Waals surface area contributed by atoms with E-state index in [2.05, 4.69) is 28.5 Å². The number of hydrogen-bond donors (Lipinski definition) is 1. The monoisotopic (exact) mass is 258 g/mol. The number of hydrogen-bond acceptors (Lipinski definition) is 3. The van der Waals surface area contributed by atoms with Gasteiger partial charge < -0.3 is 10.1 Å². The first-order chi connectivity index (χ1) is 9.38. The molecule has 19 heavy (non-hydrogen) atoms. The highest BCUT2D eigenvalue weighted by Gasteiger charge is 2.22. The number of fused-ring (bicyclic) bond motifs is 1. The minimum absolute atomic E-state index is 0.0174. The van der Waals surface area contributed by atoms with Gasteiger partial charge in [0.25, 0.3) is 0 Å². The molecule has 1 aliphatic heterocycles. The number of aliphatic imine (C=N–C) groups is 1. The summed E-state index contributed by atoms with van der Waals surface area (Å²) in [5.74, 6) is 1.01. The van der Waals surface area contributed by atoms with Gasteiger partial charge in [0.15, 0.2) is 0 Å². The van der Waals surface area contributed by atoms with Crippen LogP contribution >= 0.6 is 0 Å². The van der Waals surface area contributed by atoms with Crippen LogP contribution in [0.25, 0.3) is 0 Å². The zero-order valence-corrected chi connectivity index (χ0v) is 11.6. The third-order valence-electron chi connectivity index (χ3n) is 3.93. The van der Waals surface area contributed by atoms with Crippen LogP contribution in [0, 0.1) is 0 Å². The number of aryl methyl sites for hydroxylation is 2. The van der Waals surface area contributed by atoms with Crippen LogP contribution in [0.3, 0.4) is 0 Å². The summed E-state index contributed by atoms with van der Waals surface area (Å²) >= 11 is 0. The second kappa shape index (κ2) is 5.74. The Kier molecular flexibility index (Phi) is 3.83. The number of rotatable bonds is 4. The van der Waals surface area contributed by atoms with E-state index in [0.717, 1.165) is 25.3 Å². The van der Waals surface area contributed by atoms with Gasteiger partial charge in [-0.05, 0) is 49.3 Å². The topological polar surface area (TPSA) is 33.6 Å². The summed E-state index contributed by atoms with van der Waals surface area (Å²) in [7, 11) is 0. The average molecular weight is 258 g/mol. The summed E-state index contributed by atoms with van der Waals surface area (Å²) < 4.78 is 5.93. The van der Waals surface area contributed by atoms with E-state index in [0.29, 0.717) is 6.61 Å². The van der Waals surface area contributed by atoms with Crippen LogP contribution in [0.15, 0.2) is 23.2 Å². The molecular weight excluding hydrogens is 236 g/mol. The van der Waals surface area contributed by atoms with E-state index in [1.54, 1.807) is 0 Å². The van der Waals surface area contributed by atoms with Gasteiger partial charge in [-0.15, -0.1) is 0 Å². The van der Waals surface area contributed by atoms with Gasteiger partial charge >= 0.3 is 0 Å². The van der Waals surface area contributed by atoms with Crippen molar-refractivity contribution in [3.05, 3.63) is 34.9 Å². The summed E-state index contributed by atoms with van der Waals surface area (Å²) in [5.41, 5.74) is 4.26. The molecule has 0 radical (unpaired) electrons. The molecule has 0 aromatic heterocycles. The van der Waals surface area contributed by atoms with Crippen molar-refractivity contribution in [2.75, 3.05) is 19.7 Å². The summed E-state index contributed by atoms with van der Waals surface area (Å²) in [5, 5.41) is 3.40. The average Bonchev–Trinajstić information content (AvgIpc) is 2.93. The molecule has 1 N–H and O–H groups in total. The van der Waals surface area contributed by atoms with Crippen molar-refractivity contribution >= 4 is 5.84 Å². The molecule has 102 valence electrons. The molecule has 0 saturated carbocycles. The Hall–Kier alpha value is -1.35. The molecule has 0 bridgehead atoms. The van der Waals surface area contributed by atoms with E-state index >= 15 is 0 Å². The fraction of sp³-hybridized carbons (Fsp3) is 0.562. The van der Waals surface area contributed by atoms with Gasteiger partial charge in [-0.2, -0.15) is 0 Å². The molecule has 0 saturated heterocycles. The molecule has 3 rings (SSSR count). The zero-order valence-electron chi connectivity index (χ0n) is 11.6. The molecule has 2 aliphatic rings. The molecule has 0 spiro atoms. The van der Waals surface area contributed by atoms with Crippen molar-refractivity contribution in [3.63, 3.8) is 0 Å². The number of ether oxygens (including phenoxy) is 1. The Morgan fingerprint density at radius 1 is 1.26 bits per heavy atom. The van der Waals surface area contributed by atoms with Crippen molar-refractivity contribution in [2.45, 2.75) is 38.7 Å². The molecule has 0 amide bonds. The lowest BCUT2D eigenvalue weighted by Crippen LogP contribution is -2.35. The van der Waals surface area contributed by atoms with Gasteiger partial charge in [-0.1, -0.05) is 18.2 Å². The summed E-state index contributed by atoms with van der Waals surface area (Å²) in [4.78, 5) is 4.60. The van der Waals surface area contributed by atoms with Crippen molar-refractivity contribution in [2.24, 2.45) is 4.99 Å². The maximum atomic E-state index is 5.93. The Morgan fingerprint density at radius 2 is 2.16 bits per heavy atom. The fourth-order valence-electron chi connectivity index (χ4n) is 2.98. The largest absolute Gasteiger partial charge is 0.371 e. The lowest BCUT2D eigenvalue weighted by atomic mass is 10.0. The standard InChI is InChI=1S/C16H22N2O/c1-2-19-15(16-17-9-4-10-18-16)14-8-7-12-5-3-6-13(12)11-14/h7-8,11,15H,2-6,9-10H2,1H3,(H,17,18)/t15-/m0/s1. The SMILES string of the molecule is CCO[C@H](C1=NCCCN1)c1ccc2c(c1)CCC2. The predicted molar refractivity (Wildman–Crippen MR) is 77.8 cm³/mol. The molecule has 1 aromatic rings. The Morgan fingerprint density at radius 3 is 2.95 bits per heavy atom. The molecule has 3 heteroatoms. The highest BCUT2D eigenvalue weighted by molar-refractivity contribution is 5.88. The Bertz CT molecular complexity index is 482. The van der Waals surface area contributed by atoms with Crippen LogP contribution < -0.4 is 5.32 Å². The van der Waals surface area contributed by atoms with Crippen LogP contribution in [-0.4, -0.2) is 25.5 Å². The highest BCUT2D eigenvalue weighted by atomic mass is 16.5. The van der Waals surface area contributed by atoms with E-state index in [9.17, 15) is 0 Å². The summed E-state index contributed by atoms with van der Waals surface area (Å²) in [6.45, 7) is 4.68. The normalized spacial score (nSPS) is 19.5. The first kappa shape index (κ1) is 12.7. The highest BCUT2D eigenvalue weighted by Crippen LogP contribution is 2.27. The fourth-order valence-corrected chi connectivity index (χ4v) is 2.98. The molecular formula is C16H22N2O. The van der Waals surface area contributed by atoms with E-state index in [-0.39, 0.29) is 6.10 Å². The van der Waals surface area contributed by atoms with Crippen LogP contribution in [0.2, 0.25) is 0 Å². The third kappa shape index (κ3) is 2.66. The quantitative estimate of drug-likeness (QED) is 0.900. The zero-order chi connectivity index (χ0) is 13.1. The van der Waals surface area contributed by atoms with E-state index in [1.807, 2.05) is 6.92 Å². The van der Waals surface area contributed by atoms with Gasteiger partial charge in [-0.25, -0.2) is 0 Å². The van der Waals surface area contributed by atoms with Gasteiger partial charge in [0.2, 0.25) is 0 Å². The van der Waals surface area contributed by atoms with Gasteiger partial charge in [-0.3, -0.25) is 4.99 Å². The number of nitrogens with zero attached hydrogens (tertiary/aromatic N) is 1. The second-order valence-electron chi connectivity index (χ2n) is 5.26. The van der Waals surface area contributed by atoms with Crippen molar-refractivity contribution in [1.29, 1.82) is 0 Å². The van der Waals surface area contributed by atoms with E-state index < -0.39 is 0 Å². The minimum atomic E-state index is -0.0174. The van der Waals surface area contributed by atoms with E-state index in [4.69, 9.17) is 4.74 Å². The first-order valence-corrected chi connectivity index (χ1v) is 7.40. The van der Waals surface area contributed by atoms with Crippen molar-refractivity contribution < 1.29 is 4.74 Å². The molecule has 1 heterocycles. The summed E-state index contributed by atoms with van der Waals surface area (Å²) in [6, 6.07) is 6.80. The van der Waals surface area contributed by atoms with Gasteiger partial charge in [0.05, 0.1) is 0 Å². The maximum Gasteiger partial charge on any atom is 0.139 e. The van der Waals surface area contributed by atoms with Crippen LogP contribution in [-0.2, 0) is 17.6 Å². The lowest BCUT2D eigenvalue weighted by Gasteiger charge is -2.24. The smallest absolute Gasteiger partial charge is 0.139 e. The molecule has 0 unspecified atom stereocenters. The van der Waals surface area contributed by atoms with E-state index in [1.165, 1.54) is 36.0 Å². The van der Waals surface area contributed by atoms with Crippen molar-refractivity contribution in [3.8, 4) is 0 Å². The maximum absolute atomic E-state index is 5.93. The van der Waals surface area contributed by atoms with Gasteiger partial charge in [0.1, 0.15) is 11.9 Å². The van der Waals surface area contributed by atoms with Crippen LogP contribution in [0.5, 0.6) is 0 Å². The van der Waals surface area contributed by atoms with Gasteiger partial charge in [0, 0.05) is 19.7 Å². The first-order valence-electron chi connectivity index (χ1n) is 7.40. The number of benzene rings is 1. The van der Waals surface area contributed by atoms with Crippen molar-refractivity contribution in [1.82, 2.24) is 5.32 Å². The lowest BCUT2D eigenvalue weighted by molar-refractivity contribution is 0.107. The summed E-state index contributed by atoms with van der Waals surface area (Å²) in [6.07, 6.45) is 4.83. The molecule has 1 atom stereocenters.